The summed E-state index contributed by atoms with van der Waals surface area (Å²) < 4.78 is 14.9. The van der Waals surface area contributed by atoms with Gasteiger partial charge in [-0.2, -0.15) is 14.6 Å². The van der Waals surface area contributed by atoms with Gasteiger partial charge in [0, 0.05) is 12.5 Å². The number of aryl methyl sites for hydroxylation is 1. The van der Waals surface area contributed by atoms with Crippen molar-refractivity contribution >= 4 is 12.1 Å². The van der Waals surface area contributed by atoms with E-state index in [4.69, 9.17) is 0 Å². The molecule has 22 heavy (non-hydrogen) atoms. The Balaban J connectivity index is 1.55. The minimum Gasteiger partial charge on any atom is -0.273 e. The predicted molar refractivity (Wildman–Crippen MR) is 80.9 cm³/mol. The first kappa shape index (κ1) is 14.4. The minimum atomic E-state index is -0.450. The fourth-order valence-corrected chi connectivity index (χ4v) is 2.49. The third-order valence-corrected chi connectivity index (χ3v) is 3.83. The number of benzene rings is 1. The maximum atomic E-state index is 13.7. The number of aromatic nitrogens is 2. The third kappa shape index (κ3) is 2.90. The molecule has 1 saturated carbocycles. The molecule has 6 heteroatoms. The van der Waals surface area contributed by atoms with E-state index in [0.717, 1.165) is 6.42 Å². The highest BCUT2D eigenvalue weighted by molar-refractivity contribution is 5.85. The fourth-order valence-electron chi connectivity index (χ4n) is 2.49. The summed E-state index contributed by atoms with van der Waals surface area (Å²) in [5, 5.41) is 7.69. The van der Waals surface area contributed by atoms with Gasteiger partial charge in [0.25, 0.3) is 0 Å². The summed E-state index contributed by atoms with van der Waals surface area (Å²) in [6.45, 7) is 2.25. The number of amides is 1. The molecule has 5 nitrogen and oxygen atoms in total. The molecule has 114 valence electrons. The van der Waals surface area contributed by atoms with Crippen molar-refractivity contribution in [1.82, 2.24) is 15.2 Å². The maximum Gasteiger partial charge on any atom is 0.243 e. The van der Waals surface area contributed by atoms with Gasteiger partial charge in [0.2, 0.25) is 11.9 Å². The zero-order valence-electron chi connectivity index (χ0n) is 12.2. The zero-order chi connectivity index (χ0) is 15.5. The monoisotopic (exact) mass is 300 g/mol. The molecule has 0 bridgehead atoms. The van der Waals surface area contributed by atoms with E-state index in [9.17, 15) is 9.18 Å². The highest BCUT2D eigenvalue weighted by Crippen LogP contribution is 2.47. The SMILES string of the molecule is CCn1ncc(/C=N\NC(=O)[C@H]2C[C@@H]2c2ccccc2)c1F. The Bertz CT molecular complexity index is 695. The van der Waals surface area contributed by atoms with Gasteiger partial charge in [-0.15, -0.1) is 0 Å². The molecule has 1 aromatic heterocycles. The van der Waals surface area contributed by atoms with Gasteiger partial charge in [-0.1, -0.05) is 30.3 Å². The molecular formula is C16H17FN4O. The van der Waals surface area contributed by atoms with Gasteiger partial charge in [-0.05, 0) is 24.8 Å². The molecule has 0 radical (unpaired) electrons. The Morgan fingerprint density at radius 2 is 2.27 bits per heavy atom. The van der Waals surface area contributed by atoms with Crippen molar-refractivity contribution < 1.29 is 9.18 Å². The highest BCUT2D eigenvalue weighted by atomic mass is 19.1. The highest BCUT2D eigenvalue weighted by Gasteiger charge is 2.43. The number of rotatable bonds is 5. The van der Waals surface area contributed by atoms with E-state index in [2.05, 4.69) is 15.6 Å². The second-order valence-electron chi connectivity index (χ2n) is 5.30. The second kappa shape index (κ2) is 6.09. The van der Waals surface area contributed by atoms with Crippen LogP contribution in [-0.4, -0.2) is 21.9 Å². The topological polar surface area (TPSA) is 59.3 Å². The molecule has 1 heterocycles. The van der Waals surface area contributed by atoms with Crippen LogP contribution in [0.5, 0.6) is 0 Å². The number of hydrogen-bond acceptors (Lipinski definition) is 3. The molecule has 1 amide bonds. The van der Waals surface area contributed by atoms with Gasteiger partial charge in [0.1, 0.15) is 0 Å². The number of hydrazone groups is 1. The standard InChI is InChI=1S/C16H17FN4O/c1-2-21-15(17)12(10-19-21)9-18-20-16(22)14-8-13(14)11-6-4-3-5-7-11/h3-7,9-10,13-14H,2,8H2,1H3,(H,20,22)/b18-9-/t13-,14+/m1/s1. The molecular weight excluding hydrogens is 283 g/mol. The summed E-state index contributed by atoms with van der Waals surface area (Å²) in [5.41, 5.74) is 3.90. The lowest BCUT2D eigenvalue weighted by molar-refractivity contribution is -0.122. The van der Waals surface area contributed by atoms with Crippen LogP contribution in [-0.2, 0) is 11.3 Å². The van der Waals surface area contributed by atoms with Gasteiger partial charge in [0.05, 0.1) is 18.0 Å². The Labute approximate surface area is 127 Å². The Hall–Kier alpha value is -2.50. The molecule has 1 N–H and O–H groups in total. The smallest absolute Gasteiger partial charge is 0.243 e. The van der Waals surface area contributed by atoms with Crippen molar-refractivity contribution in [2.75, 3.05) is 0 Å². The van der Waals surface area contributed by atoms with Crippen molar-refractivity contribution in [1.29, 1.82) is 0 Å². The van der Waals surface area contributed by atoms with Crippen LogP contribution in [0, 0.1) is 11.9 Å². The largest absolute Gasteiger partial charge is 0.273 e. The van der Waals surface area contributed by atoms with Crippen LogP contribution in [0.2, 0.25) is 0 Å². The normalized spacial score (nSPS) is 20.3. The maximum absolute atomic E-state index is 13.7. The van der Waals surface area contributed by atoms with Gasteiger partial charge < -0.3 is 0 Å². The summed E-state index contributed by atoms with van der Waals surface area (Å²) in [7, 11) is 0. The van der Waals surface area contributed by atoms with E-state index in [1.165, 1.54) is 22.7 Å². The number of nitrogens with zero attached hydrogens (tertiary/aromatic N) is 3. The molecule has 2 atom stereocenters. The summed E-state index contributed by atoms with van der Waals surface area (Å²) in [5.74, 6) is -0.374. The first-order valence-electron chi connectivity index (χ1n) is 7.30. The molecule has 0 aliphatic heterocycles. The van der Waals surface area contributed by atoms with E-state index < -0.39 is 5.95 Å². The molecule has 2 aromatic rings. The summed E-state index contributed by atoms with van der Waals surface area (Å²) >= 11 is 0. The van der Waals surface area contributed by atoms with Crippen molar-refractivity contribution in [3.63, 3.8) is 0 Å². The first-order valence-corrected chi connectivity index (χ1v) is 7.30. The third-order valence-electron chi connectivity index (χ3n) is 3.83. The van der Waals surface area contributed by atoms with Crippen LogP contribution in [0.4, 0.5) is 4.39 Å². The van der Waals surface area contributed by atoms with Crippen molar-refractivity contribution in [2.45, 2.75) is 25.8 Å². The van der Waals surface area contributed by atoms with Crippen LogP contribution in [0.3, 0.4) is 0 Å². The Morgan fingerprint density at radius 1 is 1.50 bits per heavy atom. The Kier molecular flexibility index (Phi) is 4.00. The molecule has 0 saturated heterocycles. The lowest BCUT2D eigenvalue weighted by Gasteiger charge is -1.99. The molecule has 0 unspecified atom stereocenters. The van der Waals surface area contributed by atoms with Crippen molar-refractivity contribution in [2.24, 2.45) is 11.0 Å². The van der Waals surface area contributed by atoms with Crippen LogP contribution in [0.1, 0.15) is 30.4 Å². The number of carbonyl (C=O) groups is 1. The zero-order valence-corrected chi connectivity index (χ0v) is 12.2. The number of carbonyl (C=O) groups excluding carboxylic acids is 1. The second-order valence-corrected chi connectivity index (χ2v) is 5.30. The van der Waals surface area contributed by atoms with Gasteiger partial charge in [-0.3, -0.25) is 4.79 Å². The number of halogens is 1. The van der Waals surface area contributed by atoms with E-state index in [1.54, 1.807) is 6.92 Å². The van der Waals surface area contributed by atoms with Gasteiger partial charge in [-0.25, -0.2) is 10.1 Å². The predicted octanol–water partition coefficient (Wildman–Crippen LogP) is 2.30. The van der Waals surface area contributed by atoms with Gasteiger partial charge in [0.15, 0.2) is 0 Å². The molecule has 0 spiro atoms. The fraction of sp³-hybridized carbons (Fsp3) is 0.312. The first-order chi connectivity index (χ1) is 10.7. The minimum absolute atomic E-state index is 0.0530. The average molecular weight is 300 g/mol. The average Bonchev–Trinajstić information content (AvgIpc) is 3.28. The van der Waals surface area contributed by atoms with Crippen molar-refractivity contribution in [3.05, 3.63) is 53.6 Å². The summed E-state index contributed by atoms with van der Waals surface area (Å²) in [4.78, 5) is 12.0. The summed E-state index contributed by atoms with van der Waals surface area (Å²) in [6, 6.07) is 9.94. The van der Waals surface area contributed by atoms with Gasteiger partial charge >= 0.3 is 0 Å². The molecule has 1 fully saturated rings. The van der Waals surface area contributed by atoms with Crippen LogP contribution < -0.4 is 5.43 Å². The lowest BCUT2D eigenvalue weighted by Crippen LogP contribution is -2.20. The van der Waals surface area contributed by atoms with Crippen LogP contribution >= 0.6 is 0 Å². The van der Waals surface area contributed by atoms with E-state index in [-0.39, 0.29) is 23.3 Å². The number of hydrogen-bond donors (Lipinski definition) is 1. The summed E-state index contributed by atoms with van der Waals surface area (Å²) in [6.07, 6.45) is 3.50. The Morgan fingerprint density at radius 3 is 2.95 bits per heavy atom. The quantitative estimate of drug-likeness (QED) is 0.680. The van der Waals surface area contributed by atoms with E-state index >= 15 is 0 Å². The van der Waals surface area contributed by atoms with E-state index in [0.29, 0.717) is 6.54 Å². The molecule has 3 rings (SSSR count). The molecule has 1 aliphatic rings. The molecule has 1 aromatic carbocycles. The van der Waals surface area contributed by atoms with Crippen LogP contribution in [0.25, 0.3) is 0 Å². The van der Waals surface area contributed by atoms with E-state index in [1.807, 2.05) is 30.3 Å². The van der Waals surface area contributed by atoms with Crippen LogP contribution in [0.15, 0.2) is 41.6 Å². The van der Waals surface area contributed by atoms with Crippen molar-refractivity contribution in [3.8, 4) is 0 Å². The number of nitrogens with one attached hydrogen (secondary N) is 1. The lowest BCUT2D eigenvalue weighted by atomic mass is 10.1. The molecule has 1 aliphatic carbocycles.